The molecule has 0 atom stereocenters. The van der Waals surface area contributed by atoms with E-state index in [0.717, 1.165) is 134 Å². The SMILES string of the molecule is c1ccc(-c2ccccc2N(c2cccc(N(c3cc(N(c4ccccc4)c4ccccc4)c4c(c3)oc3ccccc34)c3ccccc3-c3ccccc3)c2)c2cc(N(c3ccccc3)c3ccccc3)c3c(c2)oc2ccccc23)cc1. The first-order valence-corrected chi connectivity index (χ1v) is 28.4. The van der Waals surface area contributed by atoms with Crippen LogP contribution in [0.25, 0.3) is 66.1 Å². The predicted octanol–water partition coefficient (Wildman–Crippen LogP) is 22.7. The van der Waals surface area contributed by atoms with Gasteiger partial charge >= 0.3 is 0 Å². The van der Waals surface area contributed by atoms with Crippen molar-refractivity contribution < 1.29 is 8.83 Å². The van der Waals surface area contributed by atoms with Crippen LogP contribution in [0, 0.1) is 0 Å². The van der Waals surface area contributed by atoms with E-state index in [4.69, 9.17) is 8.83 Å². The van der Waals surface area contributed by atoms with Crippen molar-refractivity contribution in [1.29, 1.82) is 0 Å². The lowest BCUT2D eigenvalue weighted by atomic mass is 10.00. The monoisotopic (exact) mass is 1080 g/mol. The van der Waals surface area contributed by atoms with Crippen molar-refractivity contribution in [3.8, 4) is 22.3 Å². The van der Waals surface area contributed by atoms with Crippen LogP contribution in [-0.2, 0) is 0 Å². The zero-order valence-corrected chi connectivity index (χ0v) is 45.8. The van der Waals surface area contributed by atoms with Gasteiger partial charge in [-0.1, -0.05) is 212 Å². The topological polar surface area (TPSA) is 39.2 Å². The quantitative estimate of drug-likeness (QED) is 0.108. The van der Waals surface area contributed by atoms with Gasteiger partial charge in [-0.2, -0.15) is 0 Å². The largest absolute Gasteiger partial charge is 0.456 e. The number of nitrogens with zero attached hydrogens (tertiary/aromatic N) is 4. The van der Waals surface area contributed by atoms with Gasteiger partial charge in [0.1, 0.15) is 22.3 Å². The van der Waals surface area contributed by atoms with Gasteiger partial charge in [0.05, 0.1) is 44.9 Å². The maximum atomic E-state index is 7.00. The normalized spacial score (nSPS) is 11.3. The summed E-state index contributed by atoms with van der Waals surface area (Å²) < 4.78 is 14.0. The van der Waals surface area contributed by atoms with E-state index in [9.17, 15) is 0 Å². The molecule has 6 nitrogen and oxygen atoms in total. The van der Waals surface area contributed by atoms with Gasteiger partial charge in [-0.3, -0.25) is 0 Å². The van der Waals surface area contributed by atoms with E-state index in [1.54, 1.807) is 0 Å². The first-order chi connectivity index (χ1) is 41.7. The fourth-order valence-corrected chi connectivity index (χ4v) is 12.1. The molecule has 15 rings (SSSR count). The van der Waals surface area contributed by atoms with Gasteiger partial charge in [-0.25, -0.2) is 0 Å². The first kappa shape index (κ1) is 49.7. The summed E-state index contributed by atoms with van der Waals surface area (Å²) >= 11 is 0. The molecule has 2 heterocycles. The molecule has 0 spiro atoms. The minimum absolute atomic E-state index is 0.769. The second-order valence-electron chi connectivity index (χ2n) is 20.8. The van der Waals surface area contributed by atoms with Crippen LogP contribution in [0.15, 0.2) is 336 Å². The van der Waals surface area contributed by atoms with Gasteiger partial charge in [0, 0.05) is 68.2 Å². The second kappa shape index (κ2) is 21.6. The molecular weight excluding hydrogens is 1020 g/mol. The van der Waals surface area contributed by atoms with Gasteiger partial charge in [-0.15, -0.1) is 0 Å². The summed E-state index contributed by atoms with van der Waals surface area (Å²) in [4.78, 5) is 9.51. The molecule has 0 fully saturated rings. The highest BCUT2D eigenvalue weighted by Gasteiger charge is 2.28. The van der Waals surface area contributed by atoms with Crippen molar-refractivity contribution in [3.63, 3.8) is 0 Å². The Morgan fingerprint density at radius 3 is 0.869 bits per heavy atom. The summed E-state index contributed by atoms with van der Waals surface area (Å²) in [5, 5.41) is 4.12. The number of rotatable bonds is 14. The predicted molar refractivity (Wildman–Crippen MR) is 351 cm³/mol. The van der Waals surface area contributed by atoms with Gasteiger partial charge in [0.15, 0.2) is 0 Å². The molecule has 0 saturated heterocycles. The number of para-hydroxylation sites is 8. The Kier molecular flexibility index (Phi) is 12.8. The summed E-state index contributed by atoms with van der Waals surface area (Å²) in [5.74, 6) is 0. The van der Waals surface area contributed by atoms with E-state index in [0.29, 0.717) is 0 Å². The lowest BCUT2D eigenvalue weighted by molar-refractivity contribution is 0.668. The third kappa shape index (κ3) is 9.05. The van der Waals surface area contributed by atoms with Crippen LogP contribution in [-0.4, -0.2) is 0 Å². The van der Waals surface area contributed by atoms with Crippen LogP contribution < -0.4 is 19.6 Å². The molecule has 6 heteroatoms. The molecule has 15 aromatic rings. The Labute approximate surface area is 487 Å². The van der Waals surface area contributed by atoms with Crippen LogP contribution in [0.5, 0.6) is 0 Å². The molecule has 84 heavy (non-hydrogen) atoms. The van der Waals surface area contributed by atoms with E-state index in [-0.39, 0.29) is 0 Å². The van der Waals surface area contributed by atoms with Crippen molar-refractivity contribution in [2.75, 3.05) is 19.6 Å². The third-order valence-corrected chi connectivity index (χ3v) is 15.7. The van der Waals surface area contributed by atoms with Crippen LogP contribution in [0.1, 0.15) is 0 Å². The Morgan fingerprint density at radius 2 is 0.488 bits per heavy atom. The molecule has 398 valence electrons. The number of fused-ring (bicyclic) bond motifs is 6. The Balaban J connectivity index is 1.02. The van der Waals surface area contributed by atoms with Crippen molar-refractivity contribution in [3.05, 3.63) is 328 Å². The summed E-state index contributed by atoms with van der Waals surface area (Å²) in [6.45, 7) is 0. The van der Waals surface area contributed by atoms with Gasteiger partial charge < -0.3 is 28.4 Å². The number of hydrogen-bond donors (Lipinski definition) is 0. The van der Waals surface area contributed by atoms with Crippen molar-refractivity contribution in [2.24, 2.45) is 0 Å². The van der Waals surface area contributed by atoms with Gasteiger partial charge in [0.2, 0.25) is 0 Å². The van der Waals surface area contributed by atoms with E-state index in [1.807, 2.05) is 12.1 Å². The average molecular weight is 1080 g/mol. The van der Waals surface area contributed by atoms with E-state index < -0.39 is 0 Å². The molecule has 0 radical (unpaired) electrons. The lowest BCUT2D eigenvalue weighted by Crippen LogP contribution is -2.16. The molecule has 0 bridgehead atoms. The third-order valence-electron chi connectivity index (χ3n) is 15.7. The van der Waals surface area contributed by atoms with Crippen LogP contribution in [0.4, 0.5) is 68.2 Å². The summed E-state index contributed by atoms with van der Waals surface area (Å²) in [5.41, 5.74) is 19.3. The summed E-state index contributed by atoms with van der Waals surface area (Å²) in [6, 6.07) is 116. The van der Waals surface area contributed by atoms with Gasteiger partial charge in [0.25, 0.3) is 0 Å². The van der Waals surface area contributed by atoms with E-state index in [2.05, 4.69) is 335 Å². The zero-order chi connectivity index (χ0) is 55.8. The Morgan fingerprint density at radius 1 is 0.190 bits per heavy atom. The van der Waals surface area contributed by atoms with Gasteiger partial charge in [-0.05, 0) is 114 Å². The molecule has 0 aliphatic rings. The molecule has 0 saturated carbocycles. The average Bonchev–Trinajstić information content (AvgIpc) is 1.84. The fourth-order valence-electron chi connectivity index (χ4n) is 12.1. The maximum Gasteiger partial charge on any atom is 0.139 e. The maximum absolute atomic E-state index is 7.00. The smallest absolute Gasteiger partial charge is 0.139 e. The van der Waals surface area contributed by atoms with Crippen LogP contribution in [0.2, 0.25) is 0 Å². The van der Waals surface area contributed by atoms with E-state index >= 15 is 0 Å². The molecule has 0 aliphatic heterocycles. The second-order valence-corrected chi connectivity index (χ2v) is 20.8. The molecule has 0 aliphatic carbocycles. The molecule has 0 unspecified atom stereocenters. The standard InChI is InChI=1S/C78H54N4O2/c1-7-28-55(29-8-1)65-42-19-23-46-69(65)81(63-51-71(77-67-44-21-25-48-73(67)83-75(77)53-63)79(57-32-11-3-12-33-57)58-34-13-4-14-35-58)61-40-27-41-62(50-61)82(70-47-24-20-43-66(70)56-30-9-2-10-31-56)64-52-72(78-68-45-22-26-49-74(68)84-76(78)54-64)80(59-36-15-5-16-37-59)60-38-17-6-18-39-60/h1-54H. The number of hydrogen-bond acceptors (Lipinski definition) is 6. The van der Waals surface area contributed by atoms with Crippen molar-refractivity contribution in [1.82, 2.24) is 0 Å². The summed E-state index contributed by atoms with van der Waals surface area (Å²) in [7, 11) is 0. The van der Waals surface area contributed by atoms with Crippen LogP contribution >= 0.6 is 0 Å². The minimum Gasteiger partial charge on any atom is -0.456 e. The minimum atomic E-state index is 0.769. The Bertz CT molecular complexity index is 4420. The Hall–Kier alpha value is -11.3. The highest BCUT2D eigenvalue weighted by molar-refractivity contribution is 6.16. The molecular formula is C78H54N4O2. The van der Waals surface area contributed by atoms with Crippen molar-refractivity contribution >= 4 is 112 Å². The number of anilines is 12. The van der Waals surface area contributed by atoms with Crippen LogP contribution in [0.3, 0.4) is 0 Å². The molecule has 0 amide bonds. The molecule has 0 N–H and O–H groups in total. The highest BCUT2D eigenvalue weighted by Crippen LogP contribution is 2.52. The fraction of sp³-hybridized carbons (Fsp3) is 0. The number of benzene rings is 13. The number of furan rings is 2. The first-order valence-electron chi connectivity index (χ1n) is 28.4. The van der Waals surface area contributed by atoms with Crippen molar-refractivity contribution in [2.45, 2.75) is 0 Å². The lowest BCUT2D eigenvalue weighted by Gasteiger charge is -2.33. The molecule has 13 aromatic carbocycles. The highest BCUT2D eigenvalue weighted by atomic mass is 16.3. The summed E-state index contributed by atoms with van der Waals surface area (Å²) in [6.07, 6.45) is 0. The zero-order valence-electron chi connectivity index (χ0n) is 45.8. The molecule has 2 aromatic heterocycles. The van der Waals surface area contributed by atoms with E-state index in [1.165, 1.54) is 0 Å².